The lowest BCUT2D eigenvalue weighted by Crippen LogP contribution is -2.32. The van der Waals surface area contributed by atoms with E-state index in [1.807, 2.05) is 10.9 Å². The highest BCUT2D eigenvalue weighted by molar-refractivity contribution is 9.10. The van der Waals surface area contributed by atoms with Crippen molar-refractivity contribution in [2.45, 2.75) is 44.6 Å². The number of halogens is 1. The molecule has 1 aliphatic rings. The molecule has 0 atom stereocenters. The van der Waals surface area contributed by atoms with E-state index in [0.717, 1.165) is 29.4 Å². The Labute approximate surface area is 98.2 Å². The molecule has 0 N–H and O–H groups in total. The minimum atomic E-state index is -0.272. The average molecular weight is 268 g/mol. The fourth-order valence-electron chi connectivity index (χ4n) is 2.00. The topological polar surface area (TPSA) is 41.6 Å². The summed E-state index contributed by atoms with van der Waals surface area (Å²) in [5.41, 5.74) is 0.788. The number of nitriles is 1. The molecule has 0 radical (unpaired) electrons. The van der Waals surface area contributed by atoms with Crippen molar-refractivity contribution < 1.29 is 0 Å². The highest BCUT2D eigenvalue weighted by Crippen LogP contribution is 2.45. The van der Waals surface area contributed by atoms with Crippen molar-refractivity contribution in [2.24, 2.45) is 0 Å². The van der Waals surface area contributed by atoms with Crippen molar-refractivity contribution in [3.63, 3.8) is 0 Å². The van der Waals surface area contributed by atoms with Crippen LogP contribution in [0.4, 0.5) is 0 Å². The normalized spacial score (nSPS) is 18.6. The van der Waals surface area contributed by atoms with Gasteiger partial charge in [0.2, 0.25) is 0 Å². The van der Waals surface area contributed by atoms with Crippen molar-refractivity contribution in [3.8, 4) is 6.07 Å². The molecule has 0 spiro atoms. The van der Waals surface area contributed by atoms with Crippen molar-refractivity contribution in [2.75, 3.05) is 0 Å². The van der Waals surface area contributed by atoms with Crippen molar-refractivity contribution in [3.05, 3.63) is 16.4 Å². The second kappa shape index (κ2) is 3.64. The molecule has 1 aliphatic carbocycles. The van der Waals surface area contributed by atoms with E-state index in [1.165, 1.54) is 0 Å². The van der Waals surface area contributed by atoms with Crippen LogP contribution in [0, 0.1) is 11.3 Å². The highest BCUT2D eigenvalue weighted by Gasteiger charge is 2.42. The van der Waals surface area contributed by atoms with Gasteiger partial charge in [-0.05, 0) is 49.0 Å². The molecule has 0 unspecified atom stereocenters. The molecule has 4 heteroatoms. The van der Waals surface area contributed by atoms with Gasteiger partial charge in [-0.25, -0.2) is 0 Å². The van der Waals surface area contributed by atoms with E-state index < -0.39 is 0 Å². The molecule has 0 bridgehead atoms. The van der Waals surface area contributed by atoms with Crippen molar-refractivity contribution >= 4 is 15.9 Å². The van der Waals surface area contributed by atoms with Gasteiger partial charge in [0.05, 0.1) is 17.7 Å². The predicted molar refractivity (Wildman–Crippen MR) is 61.5 cm³/mol. The van der Waals surface area contributed by atoms with Crippen LogP contribution >= 0.6 is 15.9 Å². The first kappa shape index (κ1) is 10.7. The molecule has 0 aromatic carbocycles. The minimum Gasteiger partial charge on any atom is -0.256 e. The van der Waals surface area contributed by atoms with Gasteiger partial charge >= 0.3 is 0 Å². The molecule has 2 rings (SSSR count). The molecular formula is C11H14BrN3. The van der Waals surface area contributed by atoms with Gasteiger partial charge in [0.25, 0.3) is 0 Å². The molecule has 1 heterocycles. The average Bonchev–Trinajstić information content (AvgIpc) is 2.48. The van der Waals surface area contributed by atoms with Gasteiger partial charge in [0.15, 0.2) is 0 Å². The van der Waals surface area contributed by atoms with E-state index in [2.05, 4.69) is 40.9 Å². The Morgan fingerprint density at radius 3 is 2.60 bits per heavy atom. The van der Waals surface area contributed by atoms with E-state index in [9.17, 15) is 5.26 Å². The fourth-order valence-corrected chi connectivity index (χ4v) is 2.98. The largest absolute Gasteiger partial charge is 0.256 e. The van der Waals surface area contributed by atoms with Gasteiger partial charge in [-0.2, -0.15) is 10.4 Å². The molecule has 1 saturated carbocycles. The third-order valence-corrected chi connectivity index (χ3v) is 3.95. The summed E-state index contributed by atoms with van der Waals surface area (Å²) < 4.78 is 2.89. The van der Waals surface area contributed by atoms with Gasteiger partial charge in [0.1, 0.15) is 4.60 Å². The van der Waals surface area contributed by atoms with Crippen LogP contribution in [0.3, 0.4) is 0 Å². The zero-order valence-electron chi connectivity index (χ0n) is 9.00. The zero-order valence-corrected chi connectivity index (χ0v) is 10.6. The molecule has 0 saturated heterocycles. The van der Waals surface area contributed by atoms with Crippen LogP contribution in [-0.4, -0.2) is 9.78 Å². The molecular weight excluding hydrogens is 254 g/mol. The highest BCUT2D eigenvalue weighted by atomic mass is 79.9. The quantitative estimate of drug-likeness (QED) is 0.826. The molecule has 1 aromatic heterocycles. The number of rotatable bonds is 2. The van der Waals surface area contributed by atoms with Gasteiger partial charge in [-0.3, -0.25) is 4.68 Å². The lowest BCUT2D eigenvalue weighted by Gasteiger charge is -2.34. The van der Waals surface area contributed by atoms with Crippen LogP contribution in [0.25, 0.3) is 0 Å². The summed E-state index contributed by atoms with van der Waals surface area (Å²) in [6.45, 7) is 4.17. The fraction of sp³-hybridized carbons (Fsp3) is 0.636. The molecule has 0 amide bonds. The van der Waals surface area contributed by atoms with Gasteiger partial charge < -0.3 is 0 Å². The van der Waals surface area contributed by atoms with Crippen molar-refractivity contribution in [1.29, 1.82) is 5.26 Å². The smallest absolute Gasteiger partial charge is 0.109 e. The van der Waals surface area contributed by atoms with Crippen LogP contribution in [0.2, 0.25) is 0 Å². The van der Waals surface area contributed by atoms with Crippen molar-refractivity contribution in [1.82, 2.24) is 9.78 Å². The van der Waals surface area contributed by atoms with Crippen LogP contribution < -0.4 is 0 Å². The standard InChI is InChI=1S/C11H14BrN3/c1-8(2)15-10(12)9(6-14-15)11(7-13)4-3-5-11/h6,8H,3-5H2,1-2H3. The molecule has 1 fully saturated rings. The lowest BCUT2D eigenvalue weighted by atomic mass is 9.66. The first-order valence-electron chi connectivity index (χ1n) is 5.25. The Morgan fingerprint density at radius 2 is 2.27 bits per heavy atom. The van der Waals surface area contributed by atoms with Gasteiger partial charge in [0, 0.05) is 11.6 Å². The number of aromatic nitrogens is 2. The maximum absolute atomic E-state index is 9.25. The first-order chi connectivity index (χ1) is 7.10. The number of hydrogen-bond donors (Lipinski definition) is 0. The Balaban J connectivity index is 2.42. The van der Waals surface area contributed by atoms with Crippen LogP contribution in [-0.2, 0) is 5.41 Å². The first-order valence-corrected chi connectivity index (χ1v) is 6.05. The summed E-state index contributed by atoms with van der Waals surface area (Å²) in [5.74, 6) is 0. The Kier molecular flexibility index (Phi) is 2.59. The minimum absolute atomic E-state index is 0.272. The maximum atomic E-state index is 9.25. The summed E-state index contributed by atoms with van der Waals surface area (Å²) in [6.07, 6.45) is 4.91. The molecule has 15 heavy (non-hydrogen) atoms. The van der Waals surface area contributed by atoms with Crippen LogP contribution in [0.1, 0.15) is 44.7 Å². The monoisotopic (exact) mass is 267 g/mol. The predicted octanol–water partition coefficient (Wildman–Crippen LogP) is 3.17. The SMILES string of the molecule is CC(C)n1ncc(C2(C#N)CCC2)c1Br. The zero-order chi connectivity index (χ0) is 11.1. The molecule has 80 valence electrons. The van der Waals surface area contributed by atoms with E-state index in [-0.39, 0.29) is 5.41 Å². The summed E-state index contributed by atoms with van der Waals surface area (Å²) >= 11 is 3.55. The van der Waals surface area contributed by atoms with E-state index in [1.54, 1.807) is 0 Å². The third kappa shape index (κ3) is 1.50. The lowest BCUT2D eigenvalue weighted by molar-refractivity contribution is 0.322. The Morgan fingerprint density at radius 1 is 1.60 bits per heavy atom. The number of nitrogens with zero attached hydrogens (tertiary/aromatic N) is 3. The Bertz CT molecular complexity index is 410. The molecule has 0 aliphatic heterocycles. The van der Waals surface area contributed by atoms with E-state index in [0.29, 0.717) is 6.04 Å². The molecule has 1 aromatic rings. The summed E-state index contributed by atoms with van der Waals surface area (Å²) in [7, 11) is 0. The van der Waals surface area contributed by atoms with Gasteiger partial charge in [-0.1, -0.05) is 0 Å². The molecule has 3 nitrogen and oxygen atoms in total. The van der Waals surface area contributed by atoms with Gasteiger partial charge in [-0.15, -0.1) is 0 Å². The Hall–Kier alpha value is -0.820. The number of hydrogen-bond acceptors (Lipinski definition) is 2. The van der Waals surface area contributed by atoms with Crippen LogP contribution in [0.15, 0.2) is 10.8 Å². The maximum Gasteiger partial charge on any atom is 0.109 e. The summed E-state index contributed by atoms with van der Waals surface area (Å²) in [5, 5.41) is 13.6. The van der Waals surface area contributed by atoms with Crippen LogP contribution in [0.5, 0.6) is 0 Å². The van der Waals surface area contributed by atoms with E-state index in [4.69, 9.17) is 0 Å². The summed E-state index contributed by atoms with van der Waals surface area (Å²) in [6, 6.07) is 2.76. The second-order valence-corrected chi connectivity index (χ2v) is 5.19. The third-order valence-electron chi connectivity index (χ3n) is 3.16. The summed E-state index contributed by atoms with van der Waals surface area (Å²) in [4.78, 5) is 0. The second-order valence-electron chi connectivity index (χ2n) is 4.43. The van der Waals surface area contributed by atoms with E-state index >= 15 is 0 Å².